The van der Waals surface area contributed by atoms with Crippen LogP contribution in [0.15, 0.2) is 61.2 Å². The second-order valence-corrected chi connectivity index (χ2v) is 5.66. The number of thiocarbonyl (C=S) groups is 1. The molecule has 0 spiro atoms. The van der Waals surface area contributed by atoms with Crippen LogP contribution in [0, 0.1) is 10.1 Å². The summed E-state index contributed by atoms with van der Waals surface area (Å²) in [5.41, 5.74) is 0.868. The van der Waals surface area contributed by atoms with Crippen LogP contribution in [0.2, 0.25) is 0 Å². The minimum Gasteiger partial charge on any atom is -0.349 e. The highest BCUT2D eigenvalue weighted by atomic mass is 32.1. The second-order valence-electron chi connectivity index (χ2n) is 5.26. The van der Waals surface area contributed by atoms with E-state index in [1.807, 2.05) is 0 Å². The number of nitro groups is 1. The Morgan fingerprint density at radius 2 is 1.78 bits per heavy atom. The highest BCUT2D eigenvalue weighted by Crippen LogP contribution is 2.15. The zero-order valence-electron chi connectivity index (χ0n) is 14.1. The van der Waals surface area contributed by atoms with Crippen molar-refractivity contribution in [3.8, 4) is 0 Å². The number of nitro benzene ring substituents is 1. The lowest BCUT2D eigenvalue weighted by atomic mass is 10.1. The Kier molecular flexibility index (Phi) is 6.73. The largest absolute Gasteiger partial charge is 0.349 e. The van der Waals surface area contributed by atoms with E-state index in [0.29, 0.717) is 17.8 Å². The van der Waals surface area contributed by atoms with Gasteiger partial charge in [-0.2, -0.15) is 0 Å². The molecule has 0 radical (unpaired) electrons. The van der Waals surface area contributed by atoms with Crippen molar-refractivity contribution < 1.29 is 14.5 Å². The number of nitrogens with one attached hydrogen (secondary N) is 3. The van der Waals surface area contributed by atoms with E-state index in [1.165, 1.54) is 24.3 Å². The van der Waals surface area contributed by atoms with Crippen LogP contribution in [0.1, 0.15) is 20.7 Å². The maximum atomic E-state index is 12.2. The van der Waals surface area contributed by atoms with Gasteiger partial charge >= 0.3 is 0 Å². The van der Waals surface area contributed by atoms with Gasteiger partial charge in [0.25, 0.3) is 17.5 Å². The van der Waals surface area contributed by atoms with Crippen LogP contribution in [0.3, 0.4) is 0 Å². The van der Waals surface area contributed by atoms with E-state index in [-0.39, 0.29) is 22.3 Å². The molecule has 0 heterocycles. The Balaban J connectivity index is 2.05. The van der Waals surface area contributed by atoms with Gasteiger partial charge in [0.15, 0.2) is 5.11 Å². The van der Waals surface area contributed by atoms with Gasteiger partial charge in [0.05, 0.1) is 16.2 Å². The number of nitrogens with zero attached hydrogens (tertiary/aromatic N) is 1. The molecule has 3 N–H and O–H groups in total. The van der Waals surface area contributed by atoms with Crippen LogP contribution in [0.4, 0.5) is 11.4 Å². The minimum atomic E-state index is -0.553. The van der Waals surface area contributed by atoms with Crippen LogP contribution in [-0.2, 0) is 0 Å². The molecule has 9 heteroatoms. The molecule has 0 aliphatic carbocycles. The molecule has 0 aromatic heterocycles. The average molecular weight is 384 g/mol. The monoisotopic (exact) mass is 384 g/mol. The number of hydrogen-bond acceptors (Lipinski definition) is 5. The summed E-state index contributed by atoms with van der Waals surface area (Å²) in [7, 11) is 0. The van der Waals surface area contributed by atoms with E-state index in [9.17, 15) is 19.7 Å². The Morgan fingerprint density at radius 3 is 2.41 bits per heavy atom. The van der Waals surface area contributed by atoms with Crippen molar-refractivity contribution in [1.29, 1.82) is 0 Å². The number of anilines is 1. The van der Waals surface area contributed by atoms with Gasteiger partial charge in [0, 0.05) is 24.2 Å². The summed E-state index contributed by atoms with van der Waals surface area (Å²) >= 11 is 5.11. The highest BCUT2D eigenvalue weighted by molar-refractivity contribution is 7.80. The van der Waals surface area contributed by atoms with Crippen LogP contribution >= 0.6 is 12.2 Å². The Morgan fingerprint density at radius 1 is 1.11 bits per heavy atom. The quantitative estimate of drug-likeness (QED) is 0.305. The minimum absolute atomic E-state index is 0.0117. The highest BCUT2D eigenvalue weighted by Gasteiger charge is 2.14. The Hall–Kier alpha value is -3.59. The summed E-state index contributed by atoms with van der Waals surface area (Å²) in [6.45, 7) is 3.85. The smallest absolute Gasteiger partial charge is 0.269 e. The van der Waals surface area contributed by atoms with Gasteiger partial charge in [0.1, 0.15) is 0 Å². The third-order valence-electron chi connectivity index (χ3n) is 3.39. The number of amides is 2. The van der Waals surface area contributed by atoms with Crippen LogP contribution in [-0.4, -0.2) is 28.4 Å². The van der Waals surface area contributed by atoms with Gasteiger partial charge in [0.2, 0.25) is 0 Å². The molecule has 0 saturated carbocycles. The molecule has 0 atom stereocenters. The van der Waals surface area contributed by atoms with Gasteiger partial charge in [-0.15, -0.1) is 6.58 Å². The van der Waals surface area contributed by atoms with Gasteiger partial charge in [-0.25, -0.2) is 0 Å². The fourth-order valence-corrected chi connectivity index (χ4v) is 2.32. The molecule has 0 aliphatic heterocycles. The standard InChI is InChI=1S/C18H16N4O4S/c1-2-11-19-17(24)14-5-3-4-6-15(14)20-18(27)21-16(23)12-7-9-13(10-8-12)22(25)26/h2-10H,1,11H2,(H,19,24)(H2,20,21,23,27). The summed E-state index contributed by atoms with van der Waals surface area (Å²) in [5, 5.41) is 18.6. The first-order chi connectivity index (χ1) is 12.9. The summed E-state index contributed by atoms with van der Waals surface area (Å²) in [6, 6.07) is 11.8. The molecule has 0 bridgehead atoms. The molecule has 138 valence electrons. The fourth-order valence-electron chi connectivity index (χ4n) is 2.11. The fraction of sp³-hybridized carbons (Fsp3) is 0.0556. The van der Waals surface area contributed by atoms with E-state index in [2.05, 4.69) is 22.5 Å². The van der Waals surface area contributed by atoms with Crippen molar-refractivity contribution in [3.05, 3.63) is 82.4 Å². The van der Waals surface area contributed by atoms with Gasteiger partial charge < -0.3 is 10.6 Å². The number of rotatable bonds is 6. The molecule has 2 aromatic rings. The first-order valence-corrected chi connectivity index (χ1v) is 8.18. The van der Waals surface area contributed by atoms with Crippen molar-refractivity contribution >= 4 is 40.5 Å². The normalized spacial score (nSPS) is 9.78. The zero-order valence-corrected chi connectivity index (χ0v) is 14.9. The predicted octanol–water partition coefficient (Wildman–Crippen LogP) is 2.64. The van der Waals surface area contributed by atoms with E-state index in [0.717, 1.165) is 0 Å². The molecule has 0 unspecified atom stereocenters. The zero-order chi connectivity index (χ0) is 19.8. The molecule has 0 aliphatic rings. The molecular formula is C18H16N4O4S. The Labute approximate surface area is 160 Å². The molecule has 2 rings (SSSR count). The maximum absolute atomic E-state index is 12.2. The van der Waals surface area contributed by atoms with Crippen molar-refractivity contribution in [1.82, 2.24) is 10.6 Å². The topological polar surface area (TPSA) is 113 Å². The molecule has 0 fully saturated rings. The molecule has 2 aromatic carbocycles. The van der Waals surface area contributed by atoms with Gasteiger partial charge in [-0.1, -0.05) is 18.2 Å². The first kappa shape index (κ1) is 19.7. The number of carbonyl (C=O) groups excluding carboxylic acids is 2. The van der Waals surface area contributed by atoms with Crippen LogP contribution in [0.25, 0.3) is 0 Å². The van der Waals surface area contributed by atoms with Crippen molar-refractivity contribution in [2.75, 3.05) is 11.9 Å². The summed E-state index contributed by atoms with van der Waals surface area (Å²) in [6.07, 6.45) is 1.56. The summed E-state index contributed by atoms with van der Waals surface area (Å²) in [4.78, 5) is 34.4. The number of para-hydroxylation sites is 1. The SMILES string of the molecule is C=CCNC(=O)c1ccccc1NC(=S)NC(=O)c1ccc([N+](=O)[O-])cc1. The Bertz CT molecular complexity index is 896. The number of hydrogen-bond donors (Lipinski definition) is 3. The first-order valence-electron chi connectivity index (χ1n) is 7.77. The number of benzene rings is 2. The summed E-state index contributed by atoms with van der Waals surface area (Å²) in [5.74, 6) is -0.849. The van der Waals surface area contributed by atoms with Gasteiger partial charge in [-0.3, -0.25) is 25.0 Å². The van der Waals surface area contributed by atoms with Crippen molar-refractivity contribution in [2.24, 2.45) is 0 Å². The molecular weight excluding hydrogens is 368 g/mol. The third-order valence-corrected chi connectivity index (χ3v) is 3.60. The lowest BCUT2D eigenvalue weighted by molar-refractivity contribution is -0.384. The van der Waals surface area contributed by atoms with E-state index in [4.69, 9.17) is 12.2 Å². The summed E-state index contributed by atoms with van der Waals surface area (Å²) < 4.78 is 0. The lowest BCUT2D eigenvalue weighted by Gasteiger charge is -2.13. The second kappa shape index (κ2) is 9.20. The number of non-ortho nitro benzene ring substituents is 1. The third kappa shape index (κ3) is 5.44. The lowest BCUT2D eigenvalue weighted by Crippen LogP contribution is -2.35. The van der Waals surface area contributed by atoms with E-state index >= 15 is 0 Å². The van der Waals surface area contributed by atoms with Crippen molar-refractivity contribution in [3.63, 3.8) is 0 Å². The van der Waals surface area contributed by atoms with Crippen LogP contribution in [0.5, 0.6) is 0 Å². The van der Waals surface area contributed by atoms with E-state index in [1.54, 1.807) is 30.3 Å². The van der Waals surface area contributed by atoms with Crippen LogP contribution < -0.4 is 16.0 Å². The van der Waals surface area contributed by atoms with Gasteiger partial charge in [-0.05, 0) is 36.5 Å². The molecule has 2 amide bonds. The maximum Gasteiger partial charge on any atom is 0.269 e. The molecule has 0 saturated heterocycles. The molecule has 27 heavy (non-hydrogen) atoms. The predicted molar refractivity (Wildman–Crippen MR) is 106 cm³/mol. The van der Waals surface area contributed by atoms with Crippen molar-refractivity contribution in [2.45, 2.75) is 0 Å². The van der Waals surface area contributed by atoms with E-state index < -0.39 is 10.8 Å². The average Bonchev–Trinajstić information content (AvgIpc) is 2.66. The number of carbonyl (C=O) groups is 2. The molecule has 8 nitrogen and oxygen atoms in total.